The number of halogens is 2. The highest BCUT2D eigenvalue weighted by Crippen LogP contribution is 2.22. The summed E-state index contributed by atoms with van der Waals surface area (Å²) in [4.78, 5) is 23.7. The molecular formula is C17H16Cl2N2O2. The Labute approximate surface area is 144 Å². The zero-order valence-corrected chi connectivity index (χ0v) is 14.0. The summed E-state index contributed by atoms with van der Waals surface area (Å²) in [5, 5.41) is 5.78. The van der Waals surface area contributed by atoms with E-state index in [2.05, 4.69) is 17.6 Å². The number of anilines is 1. The molecule has 0 fully saturated rings. The second kappa shape index (κ2) is 7.99. The number of amides is 2. The standard InChI is InChI=1S/C17H16Cl2N2O2/c1-2-11-3-5-12(6-4-11)10-20-16(22)17(23)21-15-8-13(18)7-14(19)9-15/h3-9H,2,10H2,1H3,(H,20,22)(H,21,23). The molecule has 2 aromatic rings. The number of hydrogen-bond donors (Lipinski definition) is 2. The number of nitrogens with one attached hydrogen (secondary N) is 2. The van der Waals surface area contributed by atoms with Crippen molar-refractivity contribution in [2.75, 3.05) is 5.32 Å². The molecule has 0 saturated carbocycles. The summed E-state index contributed by atoms with van der Waals surface area (Å²) >= 11 is 11.7. The van der Waals surface area contributed by atoms with Crippen LogP contribution in [-0.2, 0) is 22.6 Å². The highest BCUT2D eigenvalue weighted by atomic mass is 35.5. The van der Waals surface area contributed by atoms with E-state index < -0.39 is 11.8 Å². The Hall–Kier alpha value is -2.04. The minimum Gasteiger partial charge on any atom is -0.344 e. The van der Waals surface area contributed by atoms with Gasteiger partial charge in [0.1, 0.15) is 0 Å². The third-order valence-electron chi connectivity index (χ3n) is 3.21. The molecule has 0 radical (unpaired) electrons. The summed E-state index contributed by atoms with van der Waals surface area (Å²) in [6.45, 7) is 2.36. The first-order chi connectivity index (χ1) is 11.0. The molecule has 0 aliphatic carbocycles. The lowest BCUT2D eigenvalue weighted by molar-refractivity contribution is -0.136. The molecule has 0 heterocycles. The second-order valence-electron chi connectivity index (χ2n) is 4.96. The minimum absolute atomic E-state index is 0.284. The van der Waals surface area contributed by atoms with Crippen molar-refractivity contribution >= 4 is 40.7 Å². The second-order valence-corrected chi connectivity index (χ2v) is 5.84. The van der Waals surface area contributed by atoms with Crippen LogP contribution in [0.3, 0.4) is 0 Å². The van der Waals surface area contributed by atoms with E-state index in [1.54, 1.807) is 6.07 Å². The van der Waals surface area contributed by atoms with Gasteiger partial charge in [-0.15, -0.1) is 0 Å². The predicted octanol–water partition coefficient (Wildman–Crippen LogP) is 3.81. The Balaban J connectivity index is 1.90. The Morgan fingerprint density at radius 1 is 0.913 bits per heavy atom. The van der Waals surface area contributed by atoms with Gasteiger partial charge in [0.25, 0.3) is 0 Å². The van der Waals surface area contributed by atoms with Crippen molar-refractivity contribution in [3.8, 4) is 0 Å². The Morgan fingerprint density at radius 3 is 2.04 bits per heavy atom. The fourth-order valence-corrected chi connectivity index (χ4v) is 2.50. The molecule has 0 saturated heterocycles. The van der Waals surface area contributed by atoms with E-state index in [9.17, 15) is 9.59 Å². The van der Waals surface area contributed by atoms with Crippen LogP contribution >= 0.6 is 23.2 Å². The molecule has 0 spiro atoms. The number of aryl methyl sites for hydroxylation is 1. The van der Waals surface area contributed by atoms with Crippen LogP contribution < -0.4 is 10.6 Å². The molecule has 6 heteroatoms. The monoisotopic (exact) mass is 350 g/mol. The Kier molecular flexibility index (Phi) is 6.02. The van der Waals surface area contributed by atoms with Crippen molar-refractivity contribution < 1.29 is 9.59 Å². The van der Waals surface area contributed by atoms with E-state index in [1.807, 2.05) is 24.3 Å². The smallest absolute Gasteiger partial charge is 0.313 e. The molecule has 0 aromatic heterocycles. The van der Waals surface area contributed by atoms with Crippen molar-refractivity contribution in [2.45, 2.75) is 19.9 Å². The van der Waals surface area contributed by atoms with E-state index in [-0.39, 0.29) is 6.54 Å². The SMILES string of the molecule is CCc1ccc(CNC(=O)C(=O)Nc2cc(Cl)cc(Cl)c2)cc1. The average Bonchev–Trinajstić information content (AvgIpc) is 2.52. The third-order valence-corrected chi connectivity index (χ3v) is 3.65. The van der Waals surface area contributed by atoms with Crippen LogP contribution in [0.4, 0.5) is 5.69 Å². The van der Waals surface area contributed by atoms with Crippen molar-refractivity contribution in [3.05, 3.63) is 63.6 Å². The summed E-state index contributed by atoms with van der Waals surface area (Å²) in [6, 6.07) is 12.4. The lowest BCUT2D eigenvalue weighted by atomic mass is 10.1. The fourth-order valence-electron chi connectivity index (χ4n) is 1.97. The van der Waals surface area contributed by atoms with E-state index in [0.717, 1.165) is 12.0 Å². The molecule has 2 rings (SSSR count). The van der Waals surface area contributed by atoms with Gasteiger partial charge in [-0.1, -0.05) is 54.4 Å². The quantitative estimate of drug-likeness (QED) is 0.823. The van der Waals surface area contributed by atoms with Crippen LogP contribution in [0.2, 0.25) is 10.0 Å². The van der Waals surface area contributed by atoms with Gasteiger partial charge in [-0.05, 0) is 35.7 Å². The molecule has 0 unspecified atom stereocenters. The van der Waals surface area contributed by atoms with E-state index in [1.165, 1.54) is 17.7 Å². The first-order valence-corrected chi connectivity index (χ1v) is 7.86. The summed E-state index contributed by atoms with van der Waals surface area (Å²) in [7, 11) is 0. The largest absolute Gasteiger partial charge is 0.344 e. The Bertz CT molecular complexity index is 695. The normalized spacial score (nSPS) is 10.2. The predicted molar refractivity (Wildman–Crippen MR) is 92.8 cm³/mol. The molecule has 0 atom stereocenters. The van der Waals surface area contributed by atoms with E-state index in [0.29, 0.717) is 15.7 Å². The third kappa shape index (κ3) is 5.27. The Morgan fingerprint density at radius 2 is 1.48 bits per heavy atom. The number of hydrogen-bond acceptors (Lipinski definition) is 2. The van der Waals surface area contributed by atoms with Crippen molar-refractivity contribution in [1.29, 1.82) is 0 Å². The summed E-state index contributed by atoms with van der Waals surface area (Å²) in [6.07, 6.45) is 0.956. The molecule has 0 aliphatic heterocycles. The fraction of sp³-hybridized carbons (Fsp3) is 0.176. The van der Waals surface area contributed by atoms with Crippen LogP contribution in [0.5, 0.6) is 0 Å². The number of carbonyl (C=O) groups is 2. The van der Waals surface area contributed by atoms with Crippen molar-refractivity contribution in [3.63, 3.8) is 0 Å². The summed E-state index contributed by atoms with van der Waals surface area (Å²) in [5.41, 5.74) is 2.51. The van der Waals surface area contributed by atoms with Crippen LogP contribution in [0.1, 0.15) is 18.1 Å². The lowest BCUT2D eigenvalue weighted by Gasteiger charge is -2.08. The molecular weight excluding hydrogens is 335 g/mol. The maximum atomic E-state index is 11.8. The molecule has 0 bridgehead atoms. The van der Waals surface area contributed by atoms with Gasteiger partial charge in [0, 0.05) is 22.3 Å². The topological polar surface area (TPSA) is 58.2 Å². The van der Waals surface area contributed by atoms with Crippen LogP contribution in [-0.4, -0.2) is 11.8 Å². The zero-order chi connectivity index (χ0) is 16.8. The average molecular weight is 351 g/mol. The first kappa shape index (κ1) is 17.3. The number of benzene rings is 2. The van der Waals surface area contributed by atoms with Gasteiger partial charge in [0.05, 0.1) is 0 Å². The lowest BCUT2D eigenvalue weighted by Crippen LogP contribution is -2.34. The van der Waals surface area contributed by atoms with Gasteiger partial charge in [0.15, 0.2) is 0 Å². The van der Waals surface area contributed by atoms with E-state index >= 15 is 0 Å². The highest BCUT2D eigenvalue weighted by Gasteiger charge is 2.13. The van der Waals surface area contributed by atoms with Crippen LogP contribution in [0.25, 0.3) is 0 Å². The van der Waals surface area contributed by atoms with Gasteiger partial charge < -0.3 is 10.6 Å². The minimum atomic E-state index is -0.770. The molecule has 120 valence electrons. The van der Waals surface area contributed by atoms with Crippen molar-refractivity contribution in [2.24, 2.45) is 0 Å². The molecule has 0 aliphatic rings. The van der Waals surface area contributed by atoms with Gasteiger partial charge in [-0.3, -0.25) is 9.59 Å². The maximum absolute atomic E-state index is 11.8. The molecule has 4 nitrogen and oxygen atoms in total. The molecule has 2 amide bonds. The maximum Gasteiger partial charge on any atom is 0.313 e. The van der Waals surface area contributed by atoms with Gasteiger partial charge >= 0.3 is 11.8 Å². The van der Waals surface area contributed by atoms with Crippen LogP contribution in [0.15, 0.2) is 42.5 Å². The zero-order valence-electron chi connectivity index (χ0n) is 12.5. The highest BCUT2D eigenvalue weighted by molar-refractivity contribution is 6.40. The summed E-state index contributed by atoms with van der Waals surface area (Å²) < 4.78 is 0. The van der Waals surface area contributed by atoms with Crippen molar-refractivity contribution in [1.82, 2.24) is 5.32 Å². The van der Waals surface area contributed by atoms with Gasteiger partial charge in [0.2, 0.25) is 0 Å². The molecule has 2 N–H and O–H groups in total. The molecule has 2 aromatic carbocycles. The number of carbonyl (C=O) groups excluding carboxylic acids is 2. The van der Waals surface area contributed by atoms with Gasteiger partial charge in [-0.25, -0.2) is 0 Å². The first-order valence-electron chi connectivity index (χ1n) is 7.11. The van der Waals surface area contributed by atoms with Crippen LogP contribution in [0, 0.1) is 0 Å². The summed E-state index contributed by atoms with van der Waals surface area (Å²) in [5.74, 6) is -1.49. The number of rotatable bonds is 4. The van der Waals surface area contributed by atoms with E-state index in [4.69, 9.17) is 23.2 Å². The van der Waals surface area contributed by atoms with Gasteiger partial charge in [-0.2, -0.15) is 0 Å². The molecule has 23 heavy (non-hydrogen) atoms.